The Morgan fingerprint density at radius 1 is 1.17 bits per heavy atom. The minimum atomic E-state index is -0.926. The second-order valence-electron chi connectivity index (χ2n) is 6.60. The second kappa shape index (κ2) is 10.1. The lowest BCUT2D eigenvalue weighted by atomic mass is 10.2. The Labute approximate surface area is 175 Å². The van der Waals surface area contributed by atoms with Crippen molar-refractivity contribution in [1.82, 2.24) is 0 Å². The maximum absolute atomic E-state index is 12.3. The molecule has 1 atom stereocenters. The van der Waals surface area contributed by atoms with Crippen molar-refractivity contribution in [3.63, 3.8) is 0 Å². The van der Waals surface area contributed by atoms with Crippen LogP contribution in [-0.2, 0) is 19.1 Å². The zero-order valence-electron chi connectivity index (χ0n) is 16.1. The molecule has 2 aromatic rings. The number of nitrogens with zero attached hydrogens (tertiary/aromatic N) is 1. The first kappa shape index (κ1) is 20.9. The summed E-state index contributed by atoms with van der Waals surface area (Å²) in [4.78, 5) is 26.5. The van der Waals surface area contributed by atoms with Crippen molar-refractivity contribution < 1.29 is 19.1 Å². The van der Waals surface area contributed by atoms with Crippen LogP contribution in [0.4, 0.5) is 11.4 Å². The third-order valence-electron chi connectivity index (χ3n) is 4.43. The molecule has 0 saturated carbocycles. The van der Waals surface area contributed by atoms with E-state index in [1.165, 1.54) is 13.0 Å². The van der Waals surface area contributed by atoms with Crippen molar-refractivity contribution in [2.45, 2.75) is 13.0 Å². The molecule has 1 aliphatic heterocycles. The molecule has 6 nitrogen and oxygen atoms in total. The van der Waals surface area contributed by atoms with Crippen molar-refractivity contribution in [3.8, 4) is 0 Å². The molecule has 1 saturated heterocycles. The van der Waals surface area contributed by atoms with E-state index >= 15 is 0 Å². The highest BCUT2D eigenvalue weighted by molar-refractivity contribution is 6.30. The largest absolute Gasteiger partial charge is 0.449 e. The van der Waals surface area contributed by atoms with E-state index < -0.39 is 18.0 Å². The van der Waals surface area contributed by atoms with E-state index in [1.807, 2.05) is 30.3 Å². The normalized spacial score (nSPS) is 15.2. The van der Waals surface area contributed by atoms with Crippen molar-refractivity contribution in [2.24, 2.45) is 0 Å². The number of amides is 1. The number of carbonyl (C=O) groups excluding carboxylic acids is 2. The second-order valence-corrected chi connectivity index (χ2v) is 7.04. The summed E-state index contributed by atoms with van der Waals surface area (Å²) in [5.41, 5.74) is 2.49. The SMILES string of the molecule is C[C@@H](OC(=O)/C=C/c1cccc(Cl)c1)C(=O)Nc1ccc(N2CCOCC2)cc1. The van der Waals surface area contributed by atoms with Crippen LogP contribution in [0.1, 0.15) is 12.5 Å². The number of benzene rings is 2. The van der Waals surface area contributed by atoms with E-state index in [0.717, 1.165) is 24.3 Å². The van der Waals surface area contributed by atoms with Crippen LogP contribution in [0.3, 0.4) is 0 Å². The summed E-state index contributed by atoms with van der Waals surface area (Å²) in [6.07, 6.45) is 1.93. The molecule has 0 spiro atoms. The number of rotatable bonds is 6. The van der Waals surface area contributed by atoms with Gasteiger partial charge in [-0.25, -0.2) is 4.79 Å². The van der Waals surface area contributed by atoms with E-state index in [0.29, 0.717) is 23.9 Å². The van der Waals surface area contributed by atoms with Crippen LogP contribution in [0.5, 0.6) is 0 Å². The van der Waals surface area contributed by atoms with Crippen LogP contribution in [0.2, 0.25) is 5.02 Å². The smallest absolute Gasteiger partial charge is 0.331 e. The van der Waals surface area contributed by atoms with Crippen LogP contribution in [-0.4, -0.2) is 44.3 Å². The summed E-state index contributed by atoms with van der Waals surface area (Å²) in [6, 6.07) is 14.6. The van der Waals surface area contributed by atoms with Gasteiger partial charge in [0, 0.05) is 35.6 Å². The monoisotopic (exact) mass is 414 g/mol. The lowest BCUT2D eigenvalue weighted by molar-refractivity contribution is -0.148. The first-order valence-corrected chi connectivity index (χ1v) is 9.77. The van der Waals surface area contributed by atoms with Gasteiger partial charge in [0.1, 0.15) is 0 Å². The first-order chi connectivity index (χ1) is 14.0. The molecule has 0 radical (unpaired) electrons. The fourth-order valence-corrected chi connectivity index (χ4v) is 3.06. The van der Waals surface area contributed by atoms with E-state index in [2.05, 4.69) is 10.2 Å². The number of morpholine rings is 1. The zero-order valence-corrected chi connectivity index (χ0v) is 16.9. The van der Waals surface area contributed by atoms with Crippen molar-refractivity contribution >= 4 is 40.9 Å². The molecule has 29 heavy (non-hydrogen) atoms. The van der Waals surface area contributed by atoms with Crippen LogP contribution in [0.15, 0.2) is 54.6 Å². The zero-order chi connectivity index (χ0) is 20.6. The summed E-state index contributed by atoms with van der Waals surface area (Å²) >= 11 is 5.91. The molecule has 0 aliphatic carbocycles. The number of esters is 1. The van der Waals surface area contributed by atoms with Crippen molar-refractivity contribution in [3.05, 3.63) is 65.2 Å². The molecule has 1 aliphatic rings. The number of carbonyl (C=O) groups is 2. The number of ether oxygens (including phenoxy) is 2. The van der Waals surface area contributed by atoms with E-state index in [-0.39, 0.29) is 0 Å². The lowest BCUT2D eigenvalue weighted by Crippen LogP contribution is -2.36. The van der Waals surface area contributed by atoms with E-state index in [9.17, 15) is 9.59 Å². The Hall–Kier alpha value is -2.83. The highest BCUT2D eigenvalue weighted by Crippen LogP contribution is 2.19. The lowest BCUT2D eigenvalue weighted by Gasteiger charge is -2.28. The highest BCUT2D eigenvalue weighted by atomic mass is 35.5. The summed E-state index contributed by atoms with van der Waals surface area (Å²) in [5.74, 6) is -0.996. The number of hydrogen-bond donors (Lipinski definition) is 1. The fourth-order valence-electron chi connectivity index (χ4n) is 2.86. The fraction of sp³-hybridized carbons (Fsp3) is 0.273. The minimum Gasteiger partial charge on any atom is -0.449 e. The number of anilines is 2. The summed E-state index contributed by atoms with van der Waals surface area (Å²) in [5, 5.41) is 3.33. The molecule has 3 rings (SSSR count). The van der Waals surface area contributed by atoms with Gasteiger partial charge in [0.15, 0.2) is 6.10 Å². The summed E-state index contributed by atoms with van der Waals surface area (Å²) in [7, 11) is 0. The minimum absolute atomic E-state index is 0.395. The third-order valence-corrected chi connectivity index (χ3v) is 4.67. The maximum Gasteiger partial charge on any atom is 0.331 e. The molecular formula is C22H23ClN2O4. The maximum atomic E-state index is 12.3. The Kier molecular flexibility index (Phi) is 7.27. The highest BCUT2D eigenvalue weighted by Gasteiger charge is 2.17. The van der Waals surface area contributed by atoms with E-state index in [1.54, 1.807) is 24.3 Å². The standard InChI is InChI=1S/C22H23ClN2O4/c1-16(29-21(26)10-5-17-3-2-4-18(23)15-17)22(27)24-19-6-8-20(9-7-19)25-11-13-28-14-12-25/h2-10,15-16H,11-14H2,1H3,(H,24,27)/b10-5+/t16-/m1/s1. The van der Waals surface area contributed by atoms with Gasteiger partial charge in [-0.2, -0.15) is 0 Å². The van der Waals surface area contributed by atoms with Crippen LogP contribution >= 0.6 is 11.6 Å². The molecule has 1 amide bonds. The molecule has 0 bridgehead atoms. The van der Waals surface area contributed by atoms with Gasteiger partial charge in [0.25, 0.3) is 5.91 Å². The molecule has 2 aromatic carbocycles. The molecule has 1 heterocycles. The Bertz CT molecular complexity index is 877. The Morgan fingerprint density at radius 2 is 1.90 bits per heavy atom. The molecule has 152 valence electrons. The van der Waals surface area contributed by atoms with E-state index in [4.69, 9.17) is 21.1 Å². The van der Waals surface area contributed by atoms with Gasteiger partial charge in [0.2, 0.25) is 0 Å². The van der Waals surface area contributed by atoms with Gasteiger partial charge < -0.3 is 19.7 Å². The quantitative estimate of drug-likeness (QED) is 0.575. The van der Waals surface area contributed by atoms with Gasteiger partial charge in [-0.3, -0.25) is 4.79 Å². The van der Waals surface area contributed by atoms with Crippen LogP contribution in [0.25, 0.3) is 6.08 Å². The predicted molar refractivity (Wildman–Crippen MR) is 114 cm³/mol. The third kappa shape index (κ3) is 6.34. The van der Waals surface area contributed by atoms with Gasteiger partial charge >= 0.3 is 5.97 Å². The van der Waals surface area contributed by atoms with Crippen molar-refractivity contribution in [2.75, 3.05) is 36.5 Å². The van der Waals surface area contributed by atoms with Gasteiger partial charge in [0.05, 0.1) is 13.2 Å². The molecule has 1 fully saturated rings. The number of nitrogens with one attached hydrogen (secondary N) is 1. The average molecular weight is 415 g/mol. The molecule has 0 unspecified atom stereocenters. The number of hydrogen-bond acceptors (Lipinski definition) is 5. The summed E-state index contributed by atoms with van der Waals surface area (Å²) < 4.78 is 10.5. The Balaban J connectivity index is 1.50. The van der Waals surface area contributed by atoms with Gasteiger partial charge in [-0.05, 0) is 55.0 Å². The molecule has 0 aromatic heterocycles. The first-order valence-electron chi connectivity index (χ1n) is 9.39. The van der Waals surface area contributed by atoms with Gasteiger partial charge in [-0.15, -0.1) is 0 Å². The predicted octanol–water partition coefficient (Wildman–Crippen LogP) is 3.76. The van der Waals surface area contributed by atoms with Gasteiger partial charge in [-0.1, -0.05) is 23.7 Å². The Morgan fingerprint density at radius 3 is 2.59 bits per heavy atom. The average Bonchev–Trinajstić information content (AvgIpc) is 2.73. The summed E-state index contributed by atoms with van der Waals surface area (Å²) in [6.45, 7) is 4.66. The van der Waals surface area contributed by atoms with Crippen molar-refractivity contribution in [1.29, 1.82) is 0 Å². The number of halogens is 1. The molecule has 7 heteroatoms. The molecular weight excluding hydrogens is 392 g/mol. The van der Waals surface area contributed by atoms with Crippen LogP contribution < -0.4 is 10.2 Å². The topological polar surface area (TPSA) is 67.9 Å². The molecule has 1 N–H and O–H groups in total. The van der Waals surface area contributed by atoms with Crippen LogP contribution in [0, 0.1) is 0 Å².